The highest BCUT2D eigenvalue weighted by Crippen LogP contribution is 2.19. The number of nitrogens with one attached hydrogen (secondary N) is 2. The topological polar surface area (TPSA) is 70.7 Å². The highest BCUT2D eigenvalue weighted by molar-refractivity contribution is 5.96. The van der Waals surface area contributed by atoms with Crippen LogP contribution in [0.25, 0.3) is 0 Å². The molecule has 0 radical (unpaired) electrons. The highest BCUT2D eigenvalue weighted by Gasteiger charge is 2.26. The average molecular weight is 323 g/mol. The van der Waals surface area contributed by atoms with E-state index in [9.17, 15) is 14.0 Å². The Bertz CT molecular complexity index is 590. The molecule has 1 unspecified atom stereocenters. The van der Waals surface area contributed by atoms with Crippen molar-refractivity contribution in [2.75, 3.05) is 14.2 Å². The molecule has 1 aromatic carbocycles. The zero-order valence-corrected chi connectivity index (χ0v) is 13.6. The van der Waals surface area contributed by atoms with Gasteiger partial charge in [-0.1, -0.05) is 6.07 Å². The molecule has 3 amide bonds. The lowest BCUT2D eigenvalue weighted by Gasteiger charge is -2.23. The van der Waals surface area contributed by atoms with Gasteiger partial charge < -0.3 is 10.1 Å². The Balaban J connectivity index is 1.87. The lowest BCUT2D eigenvalue weighted by Crippen LogP contribution is -2.48. The molecule has 1 saturated carbocycles. The van der Waals surface area contributed by atoms with Crippen molar-refractivity contribution < 1.29 is 18.7 Å². The minimum atomic E-state index is -0.523. The van der Waals surface area contributed by atoms with Crippen LogP contribution >= 0.6 is 0 Å². The summed E-state index contributed by atoms with van der Waals surface area (Å²) in [6.07, 6.45) is 1.92. The number of nitrogens with zero attached hydrogens (tertiary/aromatic N) is 1. The summed E-state index contributed by atoms with van der Waals surface area (Å²) in [5.41, 5.74) is 0.716. The van der Waals surface area contributed by atoms with Crippen LogP contribution in [-0.4, -0.2) is 43.1 Å². The summed E-state index contributed by atoms with van der Waals surface area (Å²) >= 11 is 0. The van der Waals surface area contributed by atoms with Gasteiger partial charge in [0.1, 0.15) is 0 Å². The van der Waals surface area contributed by atoms with E-state index < -0.39 is 17.9 Å². The SMILES string of the molecule is COc1ccc(CN(C)C(C)C(=O)NC(=O)NC2CC2)cc1F. The molecule has 126 valence electrons. The summed E-state index contributed by atoms with van der Waals surface area (Å²) in [5, 5.41) is 5.02. The minimum Gasteiger partial charge on any atom is -0.494 e. The molecule has 1 aliphatic rings. The molecule has 1 aromatic rings. The number of methoxy groups -OCH3 is 1. The predicted octanol–water partition coefficient (Wildman–Crippen LogP) is 1.64. The molecule has 0 bridgehead atoms. The number of urea groups is 1. The van der Waals surface area contributed by atoms with E-state index in [0.717, 1.165) is 12.8 Å². The summed E-state index contributed by atoms with van der Waals surface area (Å²) in [5.74, 6) is -0.655. The number of halogens is 1. The zero-order chi connectivity index (χ0) is 17.0. The molecule has 0 spiro atoms. The van der Waals surface area contributed by atoms with Gasteiger partial charge in [-0.3, -0.25) is 15.0 Å². The third-order valence-electron chi connectivity index (χ3n) is 3.84. The number of rotatable bonds is 6. The maximum Gasteiger partial charge on any atom is 0.321 e. The summed E-state index contributed by atoms with van der Waals surface area (Å²) in [6, 6.07) is 3.87. The number of hydrogen-bond acceptors (Lipinski definition) is 4. The fourth-order valence-corrected chi connectivity index (χ4v) is 2.10. The third-order valence-corrected chi connectivity index (χ3v) is 3.84. The van der Waals surface area contributed by atoms with E-state index in [1.807, 2.05) is 0 Å². The lowest BCUT2D eigenvalue weighted by molar-refractivity contribution is -0.124. The second kappa shape index (κ2) is 7.41. The smallest absolute Gasteiger partial charge is 0.321 e. The molecule has 1 atom stereocenters. The number of likely N-dealkylation sites (N-methyl/N-ethyl adjacent to an activating group) is 1. The van der Waals surface area contributed by atoms with Crippen molar-refractivity contribution in [1.29, 1.82) is 0 Å². The Kier molecular flexibility index (Phi) is 5.54. The van der Waals surface area contributed by atoms with Gasteiger partial charge in [0, 0.05) is 12.6 Å². The Labute approximate surface area is 135 Å². The zero-order valence-electron chi connectivity index (χ0n) is 13.6. The van der Waals surface area contributed by atoms with Crippen LogP contribution < -0.4 is 15.4 Å². The average Bonchev–Trinajstić information content (AvgIpc) is 3.30. The number of imide groups is 1. The normalized spacial score (nSPS) is 15.2. The van der Waals surface area contributed by atoms with Gasteiger partial charge in [0.15, 0.2) is 11.6 Å². The number of carbonyl (C=O) groups is 2. The first kappa shape index (κ1) is 17.2. The minimum absolute atomic E-state index is 0.180. The van der Waals surface area contributed by atoms with Crippen molar-refractivity contribution in [3.8, 4) is 5.75 Å². The van der Waals surface area contributed by atoms with E-state index in [0.29, 0.717) is 12.1 Å². The molecular formula is C16H22FN3O3. The second-order valence-electron chi connectivity index (χ2n) is 5.80. The summed E-state index contributed by atoms with van der Waals surface area (Å²) in [4.78, 5) is 25.4. The molecule has 2 N–H and O–H groups in total. The standard InChI is InChI=1S/C16H22FN3O3/c1-10(15(21)19-16(22)18-12-5-6-12)20(2)9-11-4-7-14(23-3)13(17)8-11/h4,7-8,10,12H,5-6,9H2,1-3H3,(H2,18,19,21,22). The second-order valence-corrected chi connectivity index (χ2v) is 5.80. The molecule has 0 heterocycles. The van der Waals surface area contributed by atoms with Gasteiger partial charge in [0.2, 0.25) is 5.91 Å². The monoisotopic (exact) mass is 323 g/mol. The molecule has 0 aliphatic heterocycles. The number of benzene rings is 1. The first-order chi connectivity index (χ1) is 10.9. The van der Waals surface area contributed by atoms with Gasteiger partial charge in [-0.2, -0.15) is 0 Å². The van der Waals surface area contributed by atoms with Crippen LogP contribution in [0.5, 0.6) is 5.75 Å². The Hall–Kier alpha value is -2.15. The maximum absolute atomic E-state index is 13.7. The molecule has 1 fully saturated rings. The van der Waals surface area contributed by atoms with E-state index >= 15 is 0 Å². The third kappa shape index (κ3) is 4.92. The van der Waals surface area contributed by atoms with Crippen LogP contribution in [0.1, 0.15) is 25.3 Å². The fourth-order valence-electron chi connectivity index (χ4n) is 2.10. The van der Waals surface area contributed by atoms with Crippen molar-refractivity contribution in [1.82, 2.24) is 15.5 Å². The summed E-state index contributed by atoms with van der Waals surface area (Å²) < 4.78 is 18.6. The summed E-state index contributed by atoms with van der Waals surface area (Å²) in [7, 11) is 3.15. The first-order valence-corrected chi connectivity index (χ1v) is 7.54. The largest absolute Gasteiger partial charge is 0.494 e. The van der Waals surface area contributed by atoms with Gasteiger partial charge in [-0.15, -0.1) is 0 Å². The van der Waals surface area contributed by atoms with Crippen LogP contribution in [0.2, 0.25) is 0 Å². The molecule has 6 nitrogen and oxygen atoms in total. The maximum atomic E-state index is 13.7. The molecule has 0 saturated heterocycles. The van der Waals surface area contributed by atoms with Crippen molar-refractivity contribution in [2.45, 2.75) is 38.4 Å². The van der Waals surface area contributed by atoms with E-state index in [1.165, 1.54) is 13.2 Å². The van der Waals surface area contributed by atoms with Crippen molar-refractivity contribution in [3.05, 3.63) is 29.6 Å². The quantitative estimate of drug-likeness (QED) is 0.835. The Morgan fingerprint density at radius 1 is 1.43 bits per heavy atom. The lowest BCUT2D eigenvalue weighted by atomic mass is 10.1. The molecule has 1 aliphatic carbocycles. The van der Waals surface area contributed by atoms with Crippen molar-refractivity contribution >= 4 is 11.9 Å². The van der Waals surface area contributed by atoms with Gasteiger partial charge in [0.25, 0.3) is 0 Å². The Morgan fingerprint density at radius 2 is 2.13 bits per heavy atom. The predicted molar refractivity (Wildman–Crippen MR) is 83.6 cm³/mol. The molecule has 7 heteroatoms. The fraction of sp³-hybridized carbons (Fsp3) is 0.500. The number of amides is 3. The van der Waals surface area contributed by atoms with Gasteiger partial charge in [-0.05, 0) is 44.5 Å². The number of hydrogen-bond donors (Lipinski definition) is 2. The molecule has 0 aromatic heterocycles. The van der Waals surface area contributed by atoms with Crippen LogP contribution in [0.4, 0.5) is 9.18 Å². The van der Waals surface area contributed by atoms with Crippen LogP contribution in [-0.2, 0) is 11.3 Å². The van der Waals surface area contributed by atoms with E-state index in [-0.39, 0.29) is 17.7 Å². The summed E-state index contributed by atoms with van der Waals surface area (Å²) in [6.45, 7) is 2.07. The first-order valence-electron chi connectivity index (χ1n) is 7.54. The van der Waals surface area contributed by atoms with Gasteiger partial charge in [0.05, 0.1) is 13.2 Å². The molecular weight excluding hydrogens is 301 g/mol. The van der Waals surface area contributed by atoms with Crippen molar-refractivity contribution in [3.63, 3.8) is 0 Å². The van der Waals surface area contributed by atoms with Crippen LogP contribution in [0.3, 0.4) is 0 Å². The van der Waals surface area contributed by atoms with E-state index in [1.54, 1.807) is 31.0 Å². The molecule has 23 heavy (non-hydrogen) atoms. The van der Waals surface area contributed by atoms with E-state index in [4.69, 9.17) is 4.74 Å². The number of carbonyl (C=O) groups excluding carboxylic acids is 2. The number of ether oxygens (including phenoxy) is 1. The molecule has 2 rings (SSSR count). The van der Waals surface area contributed by atoms with Crippen LogP contribution in [0, 0.1) is 5.82 Å². The Morgan fingerprint density at radius 3 is 2.70 bits per heavy atom. The highest BCUT2D eigenvalue weighted by atomic mass is 19.1. The van der Waals surface area contributed by atoms with Crippen LogP contribution in [0.15, 0.2) is 18.2 Å². The van der Waals surface area contributed by atoms with Gasteiger partial charge in [-0.25, -0.2) is 9.18 Å². The van der Waals surface area contributed by atoms with Gasteiger partial charge >= 0.3 is 6.03 Å². The van der Waals surface area contributed by atoms with Crippen molar-refractivity contribution in [2.24, 2.45) is 0 Å². The van der Waals surface area contributed by atoms with E-state index in [2.05, 4.69) is 10.6 Å².